The van der Waals surface area contributed by atoms with Gasteiger partial charge in [0.2, 0.25) is 0 Å². The number of hydrogen-bond acceptors (Lipinski definition) is 3. The number of hydrogen-bond donors (Lipinski definition) is 1. The number of halogens is 1. The number of rotatable bonds is 2. The van der Waals surface area contributed by atoms with Crippen molar-refractivity contribution in [2.45, 2.75) is 44.9 Å². The SMILES string of the molecule is Cc1cn2c(n1)CC[C@@H](NC(=O)[C@H]1Cc3cccc(F)c3O1)C2. The van der Waals surface area contributed by atoms with Gasteiger partial charge >= 0.3 is 0 Å². The quantitative estimate of drug-likeness (QED) is 0.919. The second kappa shape index (κ2) is 5.37. The molecule has 1 N–H and O–H groups in total. The molecule has 0 bridgehead atoms. The third-order valence-electron chi connectivity index (χ3n) is 4.47. The molecule has 23 heavy (non-hydrogen) atoms. The summed E-state index contributed by atoms with van der Waals surface area (Å²) in [5, 5.41) is 3.03. The summed E-state index contributed by atoms with van der Waals surface area (Å²) in [7, 11) is 0. The van der Waals surface area contributed by atoms with Gasteiger partial charge in [0, 0.05) is 37.2 Å². The maximum atomic E-state index is 13.7. The number of nitrogens with zero attached hydrogens (tertiary/aromatic N) is 2. The Hall–Kier alpha value is -2.37. The number of carbonyl (C=O) groups is 1. The standard InChI is InChI=1S/C17H18FN3O2/c1-10-8-21-9-12(5-6-15(21)19-10)20-17(22)14-7-11-3-2-4-13(18)16(11)23-14/h2-4,8,12,14H,5-7,9H2,1H3,(H,20,22)/t12-,14-/m1/s1. The maximum absolute atomic E-state index is 13.7. The van der Waals surface area contributed by atoms with Gasteiger partial charge in [-0.3, -0.25) is 4.79 Å². The van der Waals surface area contributed by atoms with Crippen LogP contribution in [-0.2, 0) is 24.2 Å². The topological polar surface area (TPSA) is 56.2 Å². The molecule has 6 heteroatoms. The molecule has 1 aromatic heterocycles. The van der Waals surface area contributed by atoms with Gasteiger partial charge in [-0.2, -0.15) is 0 Å². The van der Waals surface area contributed by atoms with Crippen molar-refractivity contribution in [3.8, 4) is 5.75 Å². The number of para-hydroxylation sites is 1. The Bertz CT molecular complexity index is 771. The molecule has 5 nitrogen and oxygen atoms in total. The first kappa shape index (κ1) is 14.2. The molecule has 2 aliphatic heterocycles. The van der Waals surface area contributed by atoms with Gasteiger partial charge < -0.3 is 14.6 Å². The van der Waals surface area contributed by atoms with Crippen molar-refractivity contribution in [2.24, 2.45) is 0 Å². The number of amides is 1. The fourth-order valence-corrected chi connectivity index (χ4v) is 3.37. The summed E-state index contributed by atoms with van der Waals surface area (Å²) in [4.78, 5) is 16.9. The lowest BCUT2D eigenvalue weighted by atomic mass is 10.1. The predicted octanol–water partition coefficient (Wildman–Crippen LogP) is 1.77. The summed E-state index contributed by atoms with van der Waals surface area (Å²) in [6, 6.07) is 4.85. The summed E-state index contributed by atoms with van der Waals surface area (Å²) in [6.07, 6.45) is 3.48. The molecule has 0 unspecified atom stereocenters. The molecule has 0 saturated carbocycles. The van der Waals surface area contributed by atoms with Crippen molar-refractivity contribution in [1.29, 1.82) is 0 Å². The van der Waals surface area contributed by atoms with E-state index in [9.17, 15) is 9.18 Å². The third kappa shape index (κ3) is 2.58. The van der Waals surface area contributed by atoms with Crippen molar-refractivity contribution in [3.05, 3.63) is 47.3 Å². The first-order valence-electron chi connectivity index (χ1n) is 7.87. The van der Waals surface area contributed by atoms with E-state index in [1.807, 2.05) is 13.1 Å². The van der Waals surface area contributed by atoms with E-state index in [2.05, 4.69) is 14.9 Å². The van der Waals surface area contributed by atoms with Gasteiger partial charge in [0.05, 0.1) is 5.69 Å². The lowest BCUT2D eigenvalue weighted by molar-refractivity contribution is -0.128. The second-order valence-corrected chi connectivity index (χ2v) is 6.23. The van der Waals surface area contributed by atoms with E-state index in [0.29, 0.717) is 6.42 Å². The minimum Gasteiger partial charge on any atom is -0.477 e. The van der Waals surface area contributed by atoms with Gasteiger partial charge in [0.15, 0.2) is 17.7 Å². The van der Waals surface area contributed by atoms with Crippen LogP contribution in [0, 0.1) is 12.7 Å². The lowest BCUT2D eigenvalue weighted by Crippen LogP contribution is -2.46. The van der Waals surface area contributed by atoms with Crippen molar-refractivity contribution in [3.63, 3.8) is 0 Å². The number of carbonyl (C=O) groups excluding carboxylic acids is 1. The van der Waals surface area contributed by atoms with E-state index < -0.39 is 11.9 Å². The lowest BCUT2D eigenvalue weighted by Gasteiger charge is -2.25. The maximum Gasteiger partial charge on any atom is 0.261 e. The average molecular weight is 315 g/mol. The van der Waals surface area contributed by atoms with E-state index in [0.717, 1.165) is 36.5 Å². The monoisotopic (exact) mass is 315 g/mol. The smallest absolute Gasteiger partial charge is 0.261 e. The average Bonchev–Trinajstić information content (AvgIpc) is 3.10. The molecular formula is C17H18FN3O2. The molecule has 120 valence electrons. The van der Waals surface area contributed by atoms with Gasteiger partial charge in [-0.1, -0.05) is 12.1 Å². The number of aryl methyl sites for hydroxylation is 2. The van der Waals surface area contributed by atoms with Crippen LogP contribution in [0.3, 0.4) is 0 Å². The van der Waals surface area contributed by atoms with E-state index in [1.165, 1.54) is 6.07 Å². The Kier molecular flexibility index (Phi) is 3.32. The Balaban J connectivity index is 1.41. The molecule has 1 amide bonds. The predicted molar refractivity (Wildman–Crippen MR) is 81.7 cm³/mol. The Labute approximate surface area is 133 Å². The molecule has 2 aliphatic rings. The van der Waals surface area contributed by atoms with Gasteiger partial charge in [0.1, 0.15) is 5.82 Å². The van der Waals surface area contributed by atoms with Crippen molar-refractivity contribution in [2.75, 3.05) is 0 Å². The summed E-state index contributed by atoms with van der Waals surface area (Å²) in [5.41, 5.74) is 1.75. The van der Waals surface area contributed by atoms with Crippen LogP contribution >= 0.6 is 0 Å². The zero-order chi connectivity index (χ0) is 16.0. The molecule has 0 fully saturated rings. The number of fused-ring (bicyclic) bond motifs is 2. The normalized spacial score (nSPS) is 22.2. The summed E-state index contributed by atoms with van der Waals surface area (Å²) in [5.74, 6) is 0.697. The van der Waals surface area contributed by atoms with Crippen LogP contribution in [0.4, 0.5) is 4.39 Å². The van der Waals surface area contributed by atoms with Gasteiger partial charge in [-0.15, -0.1) is 0 Å². The molecule has 2 aromatic rings. The highest BCUT2D eigenvalue weighted by molar-refractivity contribution is 5.82. The van der Waals surface area contributed by atoms with Gasteiger partial charge in [-0.25, -0.2) is 9.37 Å². The summed E-state index contributed by atoms with van der Waals surface area (Å²) in [6.45, 7) is 2.69. The van der Waals surface area contributed by atoms with Crippen molar-refractivity contribution < 1.29 is 13.9 Å². The first-order valence-corrected chi connectivity index (χ1v) is 7.87. The fraction of sp³-hybridized carbons (Fsp3) is 0.412. The van der Waals surface area contributed by atoms with Gasteiger partial charge in [0.25, 0.3) is 5.91 Å². The van der Waals surface area contributed by atoms with Crippen molar-refractivity contribution >= 4 is 5.91 Å². The molecular weight excluding hydrogens is 297 g/mol. The van der Waals surface area contributed by atoms with Crippen molar-refractivity contribution in [1.82, 2.24) is 14.9 Å². The van der Waals surface area contributed by atoms with Gasteiger partial charge in [-0.05, 0) is 19.4 Å². The summed E-state index contributed by atoms with van der Waals surface area (Å²) < 4.78 is 21.3. The van der Waals surface area contributed by atoms with E-state index in [4.69, 9.17) is 4.74 Å². The Morgan fingerprint density at radius 1 is 1.48 bits per heavy atom. The molecule has 0 spiro atoms. The highest BCUT2D eigenvalue weighted by Crippen LogP contribution is 2.31. The number of aromatic nitrogens is 2. The molecule has 2 atom stereocenters. The highest BCUT2D eigenvalue weighted by atomic mass is 19.1. The van der Waals surface area contributed by atoms with E-state index >= 15 is 0 Å². The Morgan fingerprint density at radius 2 is 2.35 bits per heavy atom. The zero-order valence-electron chi connectivity index (χ0n) is 12.9. The molecule has 0 saturated heterocycles. The first-order chi connectivity index (χ1) is 11.1. The number of benzene rings is 1. The molecule has 0 radical (unpaired) electrons. The minimum atomic E-state index is -0.646. The minimum absolute atomic E-state index is 0.0563. The van der Waals surface area contributed by atoms with Crippen LogP contribution in [0.1, 0.15) is 23.5 Å². The van der Waals surface area contributed by atoms with Crippen LogP contribution in [0.25, 0.3) is 0 Å². The fourth-order valence-electron chi connectivity index (χ4n) is 3.37. The van der Waals surface area contributed by atoms with E-state index in [1.54, 1.807) is 12.1 Å². The summed E-state index contributed by atoms with van der Waals surface area (Å²) >= 11 is 0. The number of ether oxygens (including phenoxy) is 1. The van der Waals surface area contributed by atoms with Crippen LogP contribution in [0.15, 0.2) is 24.4 Å². The number of imidazole rings is 1. The highest BCUT2D eigenvalue weighted by Gasteiger charge is 2.32. The molecule has 3 heterocycles. The molecule has 0 aliphatic carbocycles. The van der Waals surface area contributed by atoms with Crippen LogP contribution in [0.5, 0.6) is 5.75 Å². The zero-order valence-corrected chi connectivity index (χ0v) is 12.9. The van der Waals surface area contributed by atoms with E-state index in [-0.39, 0.29) is 17.7 Å². The third-order valence-corrected chi connectivity index (χ3v) is 4.47. The largest absolute Gasteiger partial charge is 0.477 e. The van der Waals surface area contributed by atoms with Crippen LogP contribution in [-0.4, -0.2) is 27.6 Å². The Morgan fingerprint density at radius 3 is 3.17 bits per heavy atom. The second-order valence-electron chi connectivity index (χ2n) is 6.23. The molecule has 1 aromatic carbocycles. The molecule has 4 rings (SSSR count). The number of nitrogens with one attached hydrogen (secondary N) is 1. The van der Waals surface area contributed by atoms with Crippen LogP contribution in [0.2, 0.25) is 0 Å². The van der Waals surface area contributed by atoms with Crippen LogP contribution < -0.4 is 10.1 Å².